The zero-order valence-electron chi connectivity index (χ0n) is 12.0. The predicted octanol–water partition coefficient (Wildman–Crippen LogP) is 6.72. The first-order valence-electron chi connectivity index (χ1n) is 6.58. The van der Waals surface area contributed by atoms with Crippen LogP contribution in [-0.2, 0) is 0 Å². The number of hydrogen-bond donors (Lipinski definition) is 0. The van der Waals surface area contributed by atoms with Crippen LogP contribution in [0.25, 0.3) is 0 Å². The molecule has 25 heavy (non-hydrogen) atoms. The van der Waals surface area contributed by atoms with Crippen LogP contribution in [0.1, 0.15) is 0 Å². The summed E-state index contributed by atoms with van der Waals surface area (Å²) < 4.78 is 11.0. The van der Waals surface area contributed by atoms with E-state index in [2.05, 4.69) is 15.0 Å². The molecule has 3 rings (SSSR count). The highest BCUT2D eigenvalue weighted by atomic mass is 35.5. The fourth-order valence-corrected chi connectivity index (χ4v) is 2.76. The van der Waals surface area contributed by atoms with Gasteiger partial charge in [-0.1, -0.05) is 46.4 Å². The molecule has 5 nitrogen and oxygen atoms in total. The number of hydrogen-bond acceptors (Lipinski definition) is 5. The van der Waals surface area contributed by atoms with Crippen molar-refractivity contribution in [3.8, 4) is 23.5 Å². The van der Waals surface area contributed by atoms with E-state index in [1.165, 1.54) is 12.1 Å². The molecule has 0 amide bonds. The molecule has 3 aromatic rings. The van der Waals surface area contributed by atoms with E-state index in [0.717, 1.165) is 0 Å². The molecule has 0 aliphatic rings. The molecule has 1 aromatic heterocycles. The lowest BCUT2D eigenvalue weighted by Gasteiger charge is -2.09. The number of ether oxygens (including phenoxy) is 2. The zero-order chi connectivity index (χ0) is 18.0. The Hall–Kier alpha value is -1.50. The molecular formula is C15H6Cl5N3O2. The Bertz CT molecular complexity index is 867. The van der Waals surface area contributed by atoms with E-state index in [9.17, 15) is 0 Å². The Morgan fingerprint density at radius 1 is 0.600 bits per heavy atom. The van der Waals surface area contributed by atoms with Gasteiger partial charge in [0.2, 0.25) is 5.28 Å². The van der Waals surface area contributed by atoms with E-state index in [0.29, 0.717) is 21.5 Å². The molecule has 0 fully saturated rings. The Morgan fingerprint density at radius 3 is 1.44 bits per heavy atom. The minimum atomic E-state index is -0.129. The number of rotatable bonds is 4. The van der Waals surface area contributed by atoms with Crippen molar-refractivity contribution in [2.75, 3.05) is 0 Å². The van der Waals surface area contributed by atoms with Crippen molar-refractivity contribution in [2.45, 2.75) is 0 Å². The Balaban J connectivity index is 1.87. The summed E-state index contributed by atoms with van der Waals surface area (Å²) in [5.74, 6) is 0.590. The third-order valence-electron chi connectivity index (χ3n) is 2.76. The molecule has 0 radical (unpaired) electrons. The SMILES string of the molecule is Clc1ccc(Oc2nc(Cl)nc(Oc3ccc(Cl)cc3Cl)n2)c(Cl)c1. The average Bonchev–Trinajstić information content (AvgIpc) is 2.52. The van der Waals surface area contributed by atoms with Gasteiger partial charge in [-0.2, -0.15) is 9.97 Å². The van der Waals surface area contributed by atoms with E-state index in [1.54, 1.807) is 24.3 Å². The van der Waals surface area contributed by atoms with Gasteiger partial charge in [0.25, 0.3) is 0 Å². The second kappa shape index (κ2) is 7.81. The highest BCUT2D eigenvalue weighted by molar-refractivity contribution is 6.36. The molecule has 0 aliphatic heterocycles. The number of aromatic nitrogens is 3. The molecule has 10 heteroatoms. The van der Waals surface area contributed by atoms with Gasteiger partial charge in [0.15, 0.2) is 0 Å². The predicted molar refractivity (Wildman–Crippen MR) is 97.9 cm³/mol. The topological polar surface area (TPSA) is 57.1 Å². The van der Waals surface area contributed by atoms with Gasteiger partial charge in [-0.05, 0) is 48.0 Å². The molecule has 0 saturated carbocycles. The van der Waals surface area contributed by atoms with Crippen molar-refractivity contribution in [3.05, 3.63) is 61.8 Å². The van der Waals surface area contributed by atoms with Gasteiger partial charge >= 0.3 is 12.0 Å². The highest BCUT2D eigenvalue weighted by Crippen LogP contribution is 2.33. The lowest BCUT2D eigenvalue weighted by Crippen LogP contribution is -1.99. The molecule has 1 heterocycles. The fourth-order valence-electron chi connectivity index (χ4n) is 1.72. The molecule has 0 unspecified atom stereocenters. The molecule has 128 valence electrons. The summed E-state index contributed by atoms with van der Waals surface area (Å²) in [5, 5.41) is 1.37. The van der Waals surface area contributed by atoms with E-state index in [4.69, 9.17) is 67.5 Å². The number of nitrogens with zero attached hydrogens (tertiary/aromatic N) is 3. The van der Waals surface area contributed by atoms with E-state index in [-0.39, 0.29) is 27.3 Å². The smallest absolute Gasteiger partial charge is 0.329 e. The van der Waals surface area contributed by atoms with Gasteiger partial charge in [-0.25, -0.2) is 0 Å². The lowest BCUT2D eigenvalue weighted by molar-refractivity contribution is 0.397. The van der Waals surface area contributed by atoms with Gasteiger partial charge in [0.05, 0.1) is 10.0 Å². The summed E-state index contributed by atoms with van der Waals surface area (Å²) in [6.07, 6.45) is 0. The molecular weight excluding hydrogens is 431 g/mol. The Morgan fingerprint density at radius 2 is 1.04 bits per heavy atom. The second-order valence-electron chi connectivity index (χ2n) is 4.52. The monoisotopic (exact) mass is 435 g/mol. The van der Waals surface area contributed by atoms with Crippen LogP contribution in [0.2, 0.25) is 25.4 Å². The maximum atomic E-state index is 6.05. The first-order chi connectivity index (χ1) is 11.9. The Kier molecular flexibility index (Phi) is 5.71. The van der Waals surface area contributed by atoms with Crippen molar-refractivity contribution >= 4 is 58.0 Å². The zero-order valence-corrected chi connectivity index (χ0v) is 15.8. The molecule has 2 aromatic carbocycles. The average molecular weight is 437 g/mol. The number of halogens is 5. The van der Waals surface area contributed by atoms with Crippen molar-refractivity contribution in [2.24, 2.45) is 0 Å². The summed E-state index contributed by atoms with van der Waals surface area (Å²) in [7, 11) is 0. The van der Waals surface area contributed by atoms with E-state index < -0.39 is 0 Å². The van der Waals surface area contributed by atoms with Crippen molar-refractivity contribution in [1.82, 2.24) is 15.0 Å². The minimum absolute atomic E-state index is 0.107. The third kappa shape index (κ3) is 4.77. The molecule has 0 atom stereocenters. The largest absolute Gasteiger partial charge is 0.423 e. The minimum Gasteiger partial charge on any atom is -0.423 e. The summed E-state index contributed by atoms with van der Waals surface area (Å²) in [5.41, 5.74) is 0. The van der Waals surface area contributed by atoms with Crippen molar-refractivity contribution < 1.29 is 9.47 Å². The van der Waals surface area contributed by atoms with Crippen LogP contribution in [0.5, 0.6) is 23.5 Å². The summed E-state index contributed by atoms with van der Waals surface area (Å²) in [6.45, 7) is 0. The quantitative estimate of drug-likeness (QED) is 0.453. The molecule has 0 spiro atoms. The normalized spacial score (nSPS) is 10.6. The summed E-state index contributed by atoms with van der Waals surface area (Å²) >= 11 is 29.7. The fraction of sp³-hybridized carbons (Fsp3) is 0. The standard InChI is InChI=1S/C15H6Cl5N3O2/c16-7-1-3-11(9(18)5-7)24-14-21-13(20)22-15(23-14)25-12-4-2-8(17)6-10(12)19/h1-6H. The van der Waals surface area contributed by atoms with E-state index >= 15 is 0 Å². The first kappa shape index (κ1) is 18.3. The van der Waals surface area contributed by atoms with Crippen LogP contribution in [-0.4, -0.2) is 15.0 Å². The third-order valence-corrected chi connectivity index (χ3v) is 3.99. The highest BCUT2D eigenvalue weighted by Gasteiger charge is 2.13. The Labute approximate surface area is 167 Å². The maximum Gasteiger partial charge on any atom is 0.329 e. The van der Waals surface area contributed by atoms with Gasteiger partial charge in [0, 0.05) is 10.0 Å². The van der Waals surface area contributed by atoms with Crippen LogP contribution < -0.4 is 9.47 Å². The molecule has 0 N–H and O–H groups in total. The first-order valence-corrected chi connectivity index (χ1v) is 8.47. The van der Waals surface area contributed by atoms with Gasteiger partial charge in [-0.15, -0.1) is 4.98 Å². The molecule has 0 aliphatic carbocycles. The van der Waals surface area contributed by atoms with Crippen LogP contribution in [0.15, 0.2) is 36.4 Å². The summed E-state index contributed by atoms with van der Waals surface area (Å²) in [6, 6.07) is 9.18. The van der Waals surface area contributed by atoms with Gasteiger partial charge in [0.1, 0.15) is 11.5 Å². The van der Waals surface area contributed by atoms with Gasteiger partial charge < -0.3 is 9.47 Å². The number of benzene rings is 2. The molecule has 0 saturated heterocycles. The van der Waals surface area contributed by atoms with Gasteiger partial charge in [-0.3, -0.25) is 0 Å². The van der Waals surface area contributed by atoms with Crippen molar-refractivity contribution in [3.63, 3.8) is 0 Å². The van der Waals surface area contributed by atoms with Crippen LogP contribution in [0.4, 0.5) is 0 Å². The van der Waals surface area contributed by atoms with Crippen molar-refractivity contribution in [1.29, 1.82) is 0 Å². The van der Waals surface area contributed by atoms with Crippen LogP contribution in [0.3, 0.4) is 0 Å². The van der Waals surface area contributed by atoms with Crippen LogP contribution >= 0.6 is 58.0 Å². The second-order valence-corrected chi connectivity index (χ2v) is 6.55. The lowest BCUT2D eigenvalue weighted by atomic mass is 10.3. The molecule has 0 bridgehead atoms. The maximum absolute atomic E-state index is 6.05. The van der Waals surface area contributed by atoms with E-state index in [1.807, 2.05) is 0 Å². The summed E-state index contributed by atoms with van der Waals surface area (Å²) in [4.78, 5) is 11.7. The van der Waals surface area contributed by atoms with Crippen LogP contribution in [0, 0.1) is 0 Å².